The number of rotatable bonds is 7. The van der Waals surface area contributed by atoms with Crippen molar-refractivity contribution in [3.63, 3.8) is 0 Å². The van der Waals surface area contributed by atoms with Gasteiger partial charge in [0, 0.05) is 48.6 Å². The maximum Gasteiger partial charge on any atom is 0.292 e. The normalized spacial score (nSPS) is 11.7. The van der Waals surface area contributed by atoms with Crippen LogP contribution in [0, 0.1) is 23.8 Å². The van der Waals surface area contributed by atoms with Crippen LogP contribution in [0.25, 0.3) is 83.5 Å². The minimum Gasteiger partial charge on any atom is -0.501 e. The van der Waals surface area contributed by atoms with Crippen LogP contribution < -0.4 is 0 Å². The molecule has 0 aliphatic heterocycles. The SMILES string of the molecule is CC(C)(C)c1ccc(-c2[c-]cc(C(=O)O)cc2F)nc1.CC(C)c1cccc(C(C)C)c1-n1c(-c2[c-]ccc3c2oc2cc(-c4cccc(F)c4)ccc23)nc2cc3ccccc3nc21.[Ir]. The Balaban J connectivity index is 0.000000238. The first kappa shape index (κ1) is 45.7. The molecule has 0 fully saturated rings. The Morgan fingerprint density at radius 3 is 2.14 bits per heavy atom. The number of carboxylic acid groups (broad SMARTS) is 1. The number of furan rings is 1. The van der Waals surface area contributed by atoms with E-state index in [1.54, 1.807) is 24.4 Å². The smallest absolute Gasteiger partial charge is 0.292 e. The van der Waals surface area contributed by atoms with Crippen molar-refractivity contribution in [3.8, 4) is 39.5 Å². The van der Waals surface area contributed by atoms with Gasteiger partial charge in [0.1, 0.15) is 11.4 Å². The van der Waals surface area contributed by atoms with Gasteiger partial charge < -0.3 is 19.1 Å². The fraction of sp³-hybridized carbons (Fsp3) is 0.179. The Morgan fingerprint density at radius 2 is 1.47 bits per heavy atom. The number of fused-ring (bicyclic) bond motifs is 5. The molecule has 6 aromatic carbocycles. The number of para-hydroxylation sites is 2. The molecule has 10 heteroatoms. The average Bonchev–Trinajstić information content (AvgIpc) is 3.85. The standard InChI is InChI=1S/C40H31FN3O.C16H15FNO2.Ir/c1-23(2)29-13-8-14-30(24(3)4)37(29)44-39(43-35-21-27-10-5-6-17-34(27)42-40(35)44)33-16-9-15-32-31-19-18-26(22-36(31)45-38(32)33)25-11-7-12-28(41)20-25;1-16(2,3)11-5-7-14(18-9-11)12-6-4-10(15(19)20)8-13(12)17;/h5-15,17-24H,1-4H3;4-5,7-9H,1-3H3,(H,19,20);/q2*-1;. The molecule has 0 saturated carbocycles. The van der Waals surface area contributed by atoms with E-state index in [0.29, 0.717) is 11.3 Å². The minimum absolute atomic E-state index is 0. The van der Waals surface area contributed by atoms with Crippen molar-refractivity contribution in [3.05, 3.63) is 180 Å². The Bertz CT molecular complexity index is 3410. The monoisotopic (exact) mass is 1050 g/mol. The number of benzene rings is 6. The number of carbonyl (C=O) groups is 1. The molecular formula is C56H46F2IrN4O3-2. The molecule has 10 aromatic rings. The third kappa shape index (κ3) is 8.66. The summed E-state index contributed by atoms with van der Waals surface area (Å²) < 4.78 is 36.8. The second kappa shape index (κ2) is 18.2. The van der Waals surface area contributed by atoms with Crippen LogP contribution in [-0.2, 0) is 25.5 Å². The van der Waals surface area contributed by atoms with Gasteiger partial charge in [-0.3, -0.25) is 14.2 Å². The van der Waals surface area contributed by atoms with Gasteiger partial charge in [0.05, 0.1) is 22.4 Å². The Labute approximate surface area is 395 Å². The first-order valence-electron chi connectivity index (χ1n) is 21.6. The summed E-state index contributed by atoms with van der Waals surface area (Å²) in [7, 11) is 0. The zero-order valence-corrected chi connectivity index (χ0v) is 39.9. The van der Waals surface area contributed by atoms with Crippen LogP contribution in [0.4, 0.5) is 8.78 Å². The van der Waals surface area contributed by atoms with Crippen LogP contribution in [0.1, 0.15) is 87.4 Å². The molecule has 0 aliphatic carbocycles. The van der Waals surface area contributed by atoms with Gasteiger partial charge >= 0.3 is 0 Å². The van der Waals surface area contributed by atoms with Crippen molar-refractivity contribution in [2.75, 3.05) is 0 Å². The number of imidazole rings is 1. The van der Waals surface area contributed by atoms with Crippen LogP contribution in [0.2, 0.25) is 0 Å². The molecule has 0 atom stereocenters. The van der Waals surface area contributed by atoms with Crippen LogP contribution in [0.3, 0.4) is 0 Å². The maximum absolute atomic E-state index is 14.0. The van der Waals surface area contributed by atoms with Gasteiger partial charge in [-0.15, -0.1) is 30.3 Å². The van der Waals surface area contributed by atoms with Crippen LogP contribution in [-0.4, -0.2) is 30.6 Å². The first-order chi connectivity index (χ1) is 31.2. The van der Waals surface area contributed by atoms with Gasteiger partial charge in [0.15, 0.2) is 5.65 Å². The molecule has 0 spiro atoms. The van der Waals surface area contributed by atoms with Crippen molar-refractivity contribution in [2.45, 2.75) is 65.7 Å². The third-order valence-corrected chi connectivity index (χ3v) is 11.7. The van der Waals surface area contributed by atoms with Gasteiger partial charge in [-0.25, -0.2) is 9.37 Å². The Hall–Kier alpha value is -6.87. The second-order valence-corrected chi connectivity index (χ2v) is 17.9. The van der Waals surface area contributed by atoms with Crippen LogP contribution in [0.5, 0.6) is 0 Å². The van der Waals surface area contributed by atoms with Gasteiger partial charge in [0.25, 0.3) is 5.97 Å². The van der Waals surface area contributed by atoms with Gasteiger partial charge in [-0.05, 0) is 86.7 Å². The summed E-state index contributed by atoms with van der Waals surface area (Å²) >= 11 is 0. The molecule has 0 aliphatic rings. The number of nitrogens with zero attached hydrogens (tertiary/aromatic N) is 4. The first-order valence-corrected chi connectivity index (χ1v) is 21.6. The van der Waals surface area contributed by atoms with Crippen molar-refractivity contribution in [2.24, 2.45) is 0 Å². The summed E-state index contributed by atoms with van der Waals surface area (Å²) in [6, 6.07) is 45.5. The number of aromatic nitrogens is 4. The molecule has 0 amide bonds. The zero-order chi connectivity index (χ0) is 45.7. The zero-order valence-electron chi connectivity index (χ0n) is 37.5. The van der Waals surface area contributed by atoms with Gasteiger partial charge in [0.2, 0.25) is 0 Å². The van der Waals surface area contributed by atoms with Crippen LogP contribution >= 0.6 is 0 Å². The van der Waals surface area contributed by atoms with Crippen molar-refractivity contribution >= 4 is 50.0 Å². The number of hydrogen-bond donors (Lipinski definition) is 1. The maximum atomic E-state index is 14.0. The van der Waals surface area contributed by atoms with E-state index in [2.05, 4.69) is 100 Å². The number of aromatic carboxylic acids is 1. The number of carboxylic acids is 1. The summed E-state index contributed by atoms with van der Waals surface area (Å²) in [5.74, 6) is -0.800. The van der Waals surface area contributed by atoms with E-state index in [0.717, 1.165) is 78.3 Å². The molecule has 7 nitrogen and oxygen atoms in total. The molecule has 1 N–H and O–H groups in total. The molecule has 0 saturated heterocycles. The van der Waals surface area contributed by atoms with Crippen molar-refractivity contribution < 1.29 is 43.2 Å². The van der Waals surface area contributed by atoms with E-state index in [1.165, 1.54) is 23.3 Å². The predicted molar refractivity (Wildman–Crippen MR) is 256 cm³/mol. The molecule has 0 bridgehead atoms. The minimum atomic E-state index is -1.18. The van der Waals surface area contributed by atoms with Gasteiger partial charge in [-0.1, -0.05) is 144 Å². The molecular weight excluding hydrogens is 1010 g/mol. The van der Waals surface area contributed by atoms with E-state index in [4.69, 9.17) is 19.5 Å². The average molecular weight is 1050 g/mol. The van der Waals surface area contributed by atoms with E-state index < -0.39 is 11.8 Å². The molecule has 333 valence electrons. The molecule has 10 rings (SSSR count). The molecule has 4 heterocycles. The molecule has 1 radical (unpaired) electrons. The Kier molecular flexibility index (Phi) is 12.6. The fourth-order valence-electron chi connectivity index (χ4n) is 8.28. The van der Waals surface area contributed by atoms with E-state index in [9.17, 15) is 13.6 Å². The number of hydrogen-bond acceptors (Lipinski definition) is 5. The largest absolute Gasteiger partial charge is 0.501 e. The fourth-order valence-corrected chi connectivity index (χ4v) is 8.28. The topological polar surface area (TPSA) is 94.0 Å². The predicted octanol–water partition coefficient (Wildman–Crippen LogP) is 14.7. The van der Waals surface area contributed by atoms with Crippen molar-refractivity contribution in [1.82, 2.24) is 19.5 Å². The quantitative estimate of drug-likeness (QED) is 0.160. The molecule has 4 aromatic heterocycles. The van der Waals surface area contributed by atoms with Gasteiger partial charge in [-0.2, -0.15) is 0 Å². The summed E-state index contributed by atoms with van der Waals surface area (Å²) in [6.45, 7) is 15.1. The van der Waals surface area contributed by atoms with Crippen LogP contribution in [0.15, 0.2) is 138 Å². The molecule has 0 unspecified atom stereocenters. The van der Waals surface area contributed by atoms with Crippen molar-refractivity contribution in [1.29, 1.82) is 0 Å². The summed E-state index contributed by atoms with van der Waals surface area (Å²) in [4.78, 5) is 25.5. The Morgan fingerprint density at radius 1 is 0.742 bits per heavy atom. The molecule has 66 heavy (non-hydrogen) atoms. The summed E-state index contributed by atoms with van der Waals surface area (Å²) in [5.41, 5.74) is 11.5. The van der Waals surface area contributed by atoms with E-state index in [1.807, 2.05) is 60.7 Å². The summed E-state index contributed by atoms with van der Waals surface area (Å²) in [5, 5.41) is 11.8. The number of pyridine rings is 2. The third-order valence-electron chi connectivity index (χ3n) is 11.7. The van der Waals surface area contributed by atoms with E-state index >= 15 is 0 Å². The van der Waals surface area contributed by atoms with E-state index in [-0.39, 0.29) is 54.3 Å². The second-order valence-electron chi connectivity index (χ2n) is 17.9. The number of halogens is 2. The summed E-state index contributed by atoms with van der Waals surface area (Å²) in [6.07, 6.45) is 1.70.